The van der Waals surface area contributed by atoms with Crippen LogP contribution in [0.5, 0.6) is 0 Å². The number of amidine groups is 1. The van der Waals surface area contributed by atoms with Gasteiger partial charge in [-0.2, -0.15) is 0 Å². The average Bonchev–Trinajstić information content (AvgIpc) is 2.88. The Morgan fingerprint density at radius 3 is 3.00 bits per heavy atom. The lowest BCUT2D eigenvalue weighted by Gasteiger charge is -2.09. The average molecular weight is 271 g/mol. The highest BCUT2D eigenvalue weighted by Crippen LogP contribution is 2.27. The number of nitrogens with one attached hydrogen (secondary N) is 1. The van der Waals surface area contributed by atoms with E-state index in [0.717, 1.165) is 22.0 Å². The Bertz CT molecular complexity index is 616. The van der Waals surface area contributed by atoms with Gasteiger partial charge in [0.2, 0.25) is 0 Å². The molecule has 2 heterocycles. The highest BCUT2D eigenvalue weighted by Gasteiger charge is 2.21. The third-order valence-corrected chi connectivity index (χ3v) is 4.36. The van der Waals surface area contributed by atoms with Gasteiger partial charge in [0.1, 0.15) is 0 Å². The van der Waals surface area contributed by atoms with E-state index in [2.05, 4.69) is 42.3 Å². The summed E-state index contributed by atoms with van der Waals surface area (Å²) < 4.78 is 0. The van der Waals surface area contributed by atoms with E-state index in [4.69, 9.17) is 4.99 Å². The molecule has 0 amide bonds. The van der Waals surface area contributed by atoms with E-state index in [0.29, 0.717) is 12.0 Å². The fourth-order valence-electron chi connectivity index (χ4n) is 2.14. The van der Waals surface area contributed by atoms with Gasteiger partial charge in [0.25, 0.3) is 0 Å². The van der Waals surface area contributed by atoms with E-state index in [1.165, 1.54) is 5.39 Å². The molecular formula is C15H17N3S. The largest absolute Gasteiger partial charge is 0.334 e. The maximum atomic E-state index is 4.74. The Hall–Kier alpha value is -1.55. The molecule has 1 aromatic heterocycles. The smallest absolute Gasteiger partial charge is 0.161 e. The molecule has 0 aliphatic carbocycles. The monoisotopic (exact) mass is 271 g/mol. The molecule has 1 aliphatic rings. The molecule has 1 aliphatic heterocycles. The Morgan fingerprint density at radius 2 is 2.21 bits per heavy atom. The first-order valence-electron chi connectivity index (χ1n) is 6.54. The molecule has 0 spiro atoms. The summed E-state index contributed by atoms with van der Waals surface area (Å²) in [5.74, 6) is 1.67. The van der Waals surface area contributed by atoms with Gasteiger partial charge < -0.3 is 5.32 Å². The van der Waals surface area contributed by atoms with Gasteiger partial charge in [-0.15, -0.1) is 0 Å². The second-order valence-electron chi connectivity index (χ2n) is 5.08. The van der Waals surface area contributed by atoms with Crippen molar-refractivity contribution < 1.29 is 0 Å². The van der Waals surface area contributed by atoms with Crippen LogP contribution in [0, 0.1) is 5.92 Å². The molecule has 3 rings (SSSR count). The summed E-state index contributed by atoms with van der Waals surface area (Å²) in [4.78, 5) is 8.94. The fourth-order valence-corrected chi connectivity index (χ4v) is 3.32. The molecule has 0 saturated carbocycles. The van der Waals surface area contributed by atoms with Gasteiger partial charge in [0.05, 0.1) is 6.04 Å². The van der Waals surface area contributed by atoms with Crippen LogP contribution in [0.3, 0.4) is 0 Å². The predicted molar refractivity (Wildman–Crippen MR) is 83.9 cm³/mol. The Kier molecular flexibility index (Phi) is 3.42. The fraction of sp³-hybridized carbons (Fsp3) is 0.333. The number of rotatable bonds is 2. The summed E-state index contributed by atoms with van der Waals surface area (Å²) >= 11 is 1.80. The van der Waals surface area contributed by atoms with E-state index in [9.17, 15) is 0 Å². The van der Waals surface area contributed by atoms with Crippen molar-refractivity contribution in [3.63, 3.8) is 0 Å². The summed E-state index contributed by atoms with van der Waals surface area (Å²) in [6.45, 7) is 4.44. The minimum Gasteiger partial charge on any atom is -0.334 e. The van der Waals surface area contributed by atoms with Crippen LogP contribution in [-0.2, 0) is 0 Å². The summed E-state index contributed by atoms with van der Waals surface area (Å²) in [7, 11) is 0. The first kappa shape index (κ1) is 12.5. The van der Waals surface area contributed by atoms with Gasteiger partial charge in [0, 0.05) is 29.2 Å². The van der Waals surface area contributed by atoms with Gasteiger partial charge in [0.15, 0.2) is 5.17 Å². The maximum absolute atomic E-state index is 4.74. The van der Waals surface area contributed by atoms with E-state index < -0.39 is 0 Å². The Morgan fingerprint density at radius 1 is 1.32 bits per heavy atom. The van der Waals surface area contributed by atoms with Crippen molar-refractivity contribution in [2.75, 3.05) is 11.1 Å². The molecule has 0 saturated heterocycles. The summed E-state index contributed by atoms with van der Waals surface area (Å²) in [5, 5.41) is 6.80. The minimum atomic E-state index is 0.431. The molecular weight excluding hydrogens is 254 g/mol. The van der Waals surface area contributed by atoms with Gasteiger partial charge >= 0.3 is 0 Å². The van der Waals surface area contributed by atoms with Crippen LogP contribution in [0.25, 0.3) is 10.8 Å². The van der Waals surface area contributed by atoms with Crippen molar-refractivity contribution in [3.05, 3.63) is 36.7 Å². The molecule has 1 aromatic carbocycles. The molecule has 0 fully saturated rings. The van der Waals surface area contributed by atoms with Crippen LogP contribution in [0.15, 0.2) is 41.7 Å². The Balaban J connectivity index is 1.88. The van der Waals surface area contributed by atoms with Crippen LogP contribution in [-0.4, -0.2) is 21.9 Å². The number of aromatic nitrogens is 1. The van der Waals surface area contributed by atoms with Crippen LogP contribution in [0.1, 0.15) is 13.8 Å². The molecule has 19 heavy (non-hydrogen) atoms. The standard InChI is InChI=1S/C15H17N3S/c1-10(2)14-9-19-15(18-14)17-13-5-3-4-11-6-7-16-8-12(11)13/h3-8,10,14H,9H2,1-2H3,(H,17,18). The van der Waals surface area contributed by atoms with Gasteiger partial charge in [-0.1, -0.05) is 37.7 Å². The third kappa shape index (κ3) is 2.59. The first-order chi connectivity index (χ1) is 9.24. The zero-order valence-corrected chi connectivity index (χ0v) is 11.9. The lowest BCUT2D eigenvalue weighted by molar-refractivity contribution is 0.543. The van der Waals surface area contributed by atoms with Crippen molar-refractivity contribution in [3.8, 4) is 0 Å². The van der Waals surface area contributed by atoms with Crippen LogP contribution in [0.4, 0.5) is 5.69 Å². The number of fused-ring (bicyclic) bond motifs is 1. The van der Waals surface area contributed by atoms with Crippen LogP contribution < -0.4 is 5.32 Å². The van der Waals surface area contributed by atoms with Crippen molar-refractivity contribution in [1.29, 1.82) is 0 Å². The molecule has 98 valence electrons. The topological polar surface area (TPSA) is 37.3 Å². The number of benzene rings is 1. The molecule has 1 N–H and O–H groups in total. The molecule has 1 atom stereocenters. The lowest BCUT2D eigenvalue weighted by Crippen LogP contribution is -2.12. The SMILES string of the molecule is CC(C)C1CSC(Nc2cccc3ccncc23)=N1. The van der Waals surface area contributed by atoms with Gasteiger partial charge in [-0.05, 0) is 23.4 Å². The number of nitrogens with zero attached hydrogens (tertiary/aromatic N) is 2. The number of thioether (sulfide) groups is 1. The molecule has 1 unspecified atom stereocenters. The van der Waals surface area contributed by atoms with Crippen LogP contribution >= 0.6 is 11.8 Å². The third-order valence-electron chi connectivity index (χ3n) is 3.37. The van der Waals surface area contributed by atoms with Crippen molar-refractivity contribution >= 4 is 33.4 Å². The van der Waals surface area contributed by atoms with E-state index in [1.54, 1.807) is 11.8 Å². The zero-order chi connectivity index (χ0) is 13.2. The molecule has 2 aromatic rings. The summed E-state index contributed by atoms with van der Waals surface area (Å²) in [6.07, 6.45) is 3.72. The molecule has 4 heteroatoms. The second-order valence-corrected chi connectivity index (χ2v) is 6.09. The molecule has 0 bridgehead atoms. The van der Waals surface area contributed by atoms with Gasteiger partial charge in [-0.3, -0.25) is 9.98 Å². The number of anilines is 1. The first-order valence-corrected chi connectivity index (χ1v) is 7.53. The highest BCUT2D eigenvalue weighted by molar-refractivity contribution is 8.14. The van der Waals surface area contributed by atoms with E-state index in [-0.39, 0.29) is 0 Å². The van der Waals surface area contributed by atoms with Crippen molar-refractivity contribution in [2.45, 2.75) is 19.9 Å². The molecule has 3 nitrogen and oxygen atoms in total. The van der Waals surface area contributed by atoms with E-state index in [1.807, 2.05) is 18.5 Å². The maximum Gasteiger partial charge on any atom is 0.161 e. The number of aliphatic imine (C=N–C) groups is 1. The lowest BCUT2D eigenvalue weighted by atomic mass is 10.1. The highest BCUT2D eigenvalue weighted by atomic mass is 32.2. The van der Waals surface area contributed by atoms with Crippen LogP contribution in [0.2, 0.25) is 0 Å². The number of hydrogen-bond donors (Lipinski definition) is 1. The Labute approximate surface area is 117 Å². The second kappa shape index (κ2) is 5.21. The summed E-state index contributed by atoms with van der Waals surface area (Å²) in [5.41, 5.74) is 1.08. The normalized spacial score (nSPS) is 18.9. The zero-order valence-electron chi connectivity index (χ0n) is 11.1. The van der Waals surface area contributed by atoms with Crippen molar-refractivity contribution in [2.24, 2.45) is 10.9 Å². The quantitative estimate of drug-likeness (QED) is 0.903. The van der Waals surface area contributed by atoms with Crippen molar-refractivity contribution in [1.82, 2.24) is 4.98 Å². The predicted octanol–water partition coefficient (Wildman–Crippen LogP) is 3.77. The molecule has 0 radical (unpaired) electrons. The minimum absolute atomic E-state index is 0.431. The summed E-state index contributed by atoms with van der Waals surface area (Å²) in [6, 6.07) is 8.70. The van der Waals surface area contributed by atoms with E-state index >= 15 is 0 Å². The number of pyridine rings is 1. The van der Waals surface area contributed by atoms with Gasteiger partial charge in [-0.25, -0.2) is 0 Å². The number of hydrogen-bond acceptors (Lipinski definition) is 4.